The summed E-state index contributed by atoms with van der Waals surface area (Å²) in [5.74, 6) is -0.225. The Morgan fingerprint density at radius 1 is 1.00 bits per heavy atom. The predicted molar refractivity (Wildman–Crippen MR) is 107 cm³/mol. The highest BCUT2D eigenvalue weighted by Crippen LogP contribution is 2.36. The average molecular weight is 356 g/mol. The van der Waals surface area contributed by atoms with Crippen LogP contribution in [0.1, 0.15) is 22.9 Å². The second-order valence-electron chi connectivity index (χ2n) is 7.05. The lowest BCUT2D eigenvalue weighted by Gasteiger charge is -2.30. The highest BCUT2D eigenvalue weighted by molar-refractivity contribution is 5.88. The van der Waals surface area contributed by atoms with Gasteiger partial charge in [-0.1, -0.05) is 54.6 Å². The molecule has 134 valence electrons. The molecular weight excluding hydrogens is 336 g/mol. The lowest BCUT2D eigenvalue weighted by molar-refractivity contribution is -0.143. The Hall–Kier alpha value is -3.11. The van der Waals surface area contributed by atoms with Crippen molar-refractivity contribution < 1.29 is 9.53 Å². The Labute approximate surface area is 157 Å². The van der Waals surface area contributed by atoms with Gasteiger partial charge in [0.25, 0.3) is 0 Å². The fraction of sp³-hybridized carbons (Fsp3) is 0.174. The number of para-hydroxylation sites is 1. The number of aromatic nitrogens is 1. The van der Waals surface area contributed by atoms with Crippen LogP contribution in [0.3, 0.4) is 0 Å². The predicted octanol–water partition coefficient (Wildman–Crippen LogP) is 4.10. The molecule has 1 aliphatic heterocycles. The lowest BCUT2D eigenvalue weighted by atomic mass is 9.89. The minimum Gasteiger partial charge on any atom is -0.468 e. The van der Waals surface area contributed by atoms with Gasteiger partial charge in [0, 0.05) is 23.0 Å². The third kappa shape index (κ3) is 2.61. The first-order valence-corrected chi connectivity index (χ1v) is 9.16. The van der Waals surface area contributed by atoms with Gasteiger partial charge in [0.2, 0.25) is 0 Å². The topological polar surface area (TPSA) is 54.1 Å². The molecule has 3 aromatic carbocycles. The van der Waals surface area contributed by atoms with Crippen LogP contribution in [-0.4, -0.2) is 24.1 Å². The van der Waals surface area contributed by atoms with Crippen molar-refractivity contribution in [1.82, 2.24) is 10.3 Å². The number of H-pyrrole nitrogens is 1. The fourth-order valence-corrected chi connectivity index (χ4v) is 4.18. The van der Waals surface area contributed by atoms with Crippen LogP contribution in [0.5, 0.6) is 0 Å². The number of benzene rings is 3. The van der Waals surface area contributed by atoms with Crippen LogP contribution in [0, 0.1) is 0 Å². The number of methoxy groups -OCH3 is 1. The summed E-state index contributed by atoms with van der Waals surface area (Å²) in [6, 6.07) is 22.6. The Morgan fingerprint density at radius 3 is 2.63 bits per heavy atom. The first-order chi connectivity index (χ1) is 13.2. The molecule has 0 saturated heterocycles. The van der Waals surface area contributed by atoms with E-state index in [1.54, 1.807) is 0 Å². The van der Waals surface area contributed by atoms with Gasteiger partial charge in [-0.2, -0.15) is 0 Å². The van der Waals surface area contributed by atoms with Gasteiger partial charge >= 0.3 is 5.97 Å². The Balaban J connectivity index is 1.69. The minimum atomic E-state index is -0.363. The van der Waals surface area contributed by atoms with Crippen molar-refractivity contribution in [2.24, 2.45) is 0 Å². The van der Waals surface area contributed by atoms with Crippen LogP contribution >= 0.6 is 0 Å². The highest BCUT2D eigenvalue weighted by Gasteiger charge is 2.34. The fourth-order valence-electron chi connectivity index (χ4n) is 4.18. The van der Waals surface area contributed by atoms with E-state index in [9.17, 15) is 4.79 Å². The van der Waals surface area contributed by atoms with E-state index in [1.165, 1.54) is 28.8 Å². The molecule has 0 fully saturated rings. The number of rotatable bonds is 2. The second kappa shape index (κ2) is 6.25. The lowest BCUT2D eigenvalue weighted by Crippen LogP contribution is -2.45. The summed E-state index contributed by atoms with van der Waals surface area (Å²) in [5.41, 5.74) is 4.56. The van der Waals surface area contributed by atoms with Crippen LogP contribution in [-0.2, 0) is 16.0 Å². The third-order valence-electron chi connectivity index (χ3n) is 5.50. The molecule has 4 nitrogen and oxygen atoms in total. The Morgan fingerprint density at radius 2 is 1.78 bits per heavy atom. The van der Waals surface area contributed by atoms with E-state index < -0.39 is 0 Å². The summed E-state index contributed by atoms with van der Waals surface area (Å²) in [6.07, 6.45) is 0.621. The van der Waals surface area contributed by atoms with E-state index in [0.717, 1.165) is 16.8 Å². The van der Waals surface area contributed by atoms with Crippen LogP contribution in [0.4, 0.5) is 0 Å². The number of carbonyl (C=O) groups excluding carboxylic acids is 1. The maximum atomic E-state index is 12.3. The number of aromatic amines is 1. The number of fused-ring (bicyclic) bond motifs is 4. The summed E-state index contributed by atoms with van der Waals surface area (Å²) in [4.78, 5) is 15.9. The largest absolute Gasteiger partial charge is 0.468 e. The van der Waals surface area contributed by atoms with Crippen molar-refractivity contribution >= 4 is 27.6 Å². The first kappa shape index (κ1) is 16.1. The summed E-state index contributed by atoms with van der Waals surface area (Å²) in [6.45, 7) is 0. The summed E-state index contributed by atoms with van der Waals surface area (Å²) in [7, 11) is 1.44. The van der Waals surface area contributed by atoms with Gasteiger partial charge in [-0.05, 0) is 34.0 Å². The van der Waals surface area contributed by atoms with E-state index in [4.69, 9.17) is 4.74 Å². The molecule has 5 rings (SSSR count). The van der Waals surface area contributed by atoms with Gasteiger partial charge < -0.3 is 9.72 Å². The highest BCUT2D eigenvalue weighted by atomic mass is 16.5. The molecule has 4 heteroatoms. The average Bonchev–Trinajstić information content (AvgIpc) is 3.11. The van der Waals surface area contributed by atoms with Gasteiger partial charge in [-0.3, -0.25) is 10.1 Å². The van der Waals surface area contributed by atoms with E-state index in [1.807, 2.05) is 24.3 Å². The quantitative estimate of drug-likeness (QED) is 0.532. The van der Waals surface area contributed by atoms with Crippen LogP contribution in [0.15, 0.2) is 66.7 Å². The number of hydrogen-bond donors (Lipinski definition) is 2. The Kier molecular flexibility index (Phi) is 3.73. The van der Waals surface area contributed by atoms with Gasteiger partial charge in [0.15, 0.2) is 0 Å². The van der Waals surface area contributed by atoms with Crippen LogP contribution in [0.2, 0.25) is 0 Å². The molecule has 0 radical (unpaired) electrons. The monoisotopic (exact) mass is 356 g/mol. The summed E-state index contributed by atoms with van der Waals surface area (Å²) < 4.78 is 5.04. The standard InChI is InChI=1S/C23H20N2O2/c1-27-23(26)20-13-18-17-8-4-5-9-19(17)24-22(18)21(25-20)16-11-10-14-6-2-3-7-15(14)12-16/h2-12,20-21,24-25H,13H2,1H3/t20-,21+/m0/s1. The molecule has 4 aromatic rings. The van der Waals surface area contributed by atoms with E-state index in [-0.39, 0.29) is 18.1 Å². The summed E-state index contributed by atoms with van der Waals surface area (Å²) >= 11 is 0. The zero-order chi connectivity index (χ0) is 18.4. The number of hydrogen-bond acceptors (Lipinski definition) is 3. The first-order valence-electron chi connectivity index (χ1n) is 9.16. The molecule has 0 bridgehead atoms. The normalized spacial score (nSPS) is 19.1. The van der Waals surface area contributed by atoms with Crippen LogP contribution < -0.4 is 5.32 Å². The minimum absolute atomic E-state index is 0.0881. The smallest absolute Gasteiger partial charge is 0.323 e. The summed E-state index contributed by atoms with van der Waals surface area (Å²) in [5, 5.41) is 7.07. The zero-order valence-electron chi connectivity index (χ0n) is 15.0. The molecule has 1 aliphatic rings. The number of ether oxygens (including phenoxy) is 1. The van der Waals surface area contributed by atoms with Crippen molar-refractivity contribution in [3.8, 4) is 0 Å². The molecule has 2 atom stereocenters. The van der Waals surface area contributed by atoms with E-state index in [2.05, 4.69) is 52.8 Å². The Bertz CT molecular complexity index is 1160. The molecule has 27 heavy (non-hydrogen) atoms. The molecule has 2 heterocycles. The van der Waals surface area contributed by atoms with Gasteiger partial charge in [0.05, 0.1) is 13.2 Å². The van der Waals surface area contributed by atoms with Crippen molar-refractivity contribution in [2.75, 3.05) is 7.11 Å². The molecule has 2 N–H and O–H groups in total. The second-order valence-corrected chi connectivity index (χ2v) is 7.05. The van der Waals surface area contributed by atoms with Gasteiger partial charge in [-0.15, -0.1) is 0 Å². The maximum Gasteiger partial charge on any atom is 0.323 e. The van der Waals surface area contributed by atoms with E-state index in [0.29, 0.717) is 6.42 Å². The van der Waals surface area contributed by atoms with Crippen molar-refractivity contribution in [2.45, 2.75) is 18.5 Å². The van der Waals surface area contributed by atoms with Gasteiger partial charge in [-0.25, -0.2) is 0 Å². The van der Waals surface area contributed by atoms with Crippen molar-refractivity contribution in [1.29, 1.82) is 0 Å². The van der Waals surface area contributed by atoms with Crippen molar-refractivity contribution in [3.63, 3.8) is 0 Å². The third-order valence-corrected chi connectivity index (χ3v) is 5.50. The molecular formula is C23H20N2O2. The molecule has 0 spiro atoms. The van der Waals surface area contributed by atoms with Crippen molar-refractivity contribution in [3.05, 3.63) is 83.6 Å². The number of nitrogens with one attached hydrogen (secondary N) is 2. The molecule has 0 saturated carbocycles. The van der Waals surface area contributed by atoms with Gasteiger partial charge in [0.1, 0.15) is 6.04 Å². The van der Waals surface area contributed by atoms with Crippen LogP contribution in [0.25, 0.3) is 21.7 Å². The maximum absolute atomic E-state index is 12.3. The SMILES string of the molecule is COC(=O)[C@@H]1Cc2c([nH]c3ccccc23)[C@@H](c2ccc3ccccc3c2)N1. The van der Waals surface area contributed by atoms with E-state index >= 15 is 0 Å². The number of carbonyl (C=O) groups is 1. The number of esters is 1. The molecule has 0 amide bonds. The molecule has 0 aliphatic carbocycles. The zero-order valence-corrected chi connectivity index (χ0v) is 15.0. The molecule has 0 unspecified atom stereocenters. The molecule has 1 aromatic heterocycles.